The monoisotopic (exact) mass is 270 g/mol. The summed E-state index contributed by atoms with van der Waals surface area (Å²) in [6, 6.07) is 12.5. The molecule has 0 bridgehead atoms. The Morgan fingerprint density at radius 2 is 1.95 bits per heavy atom. The van der Waals surface area contributed by atoms with Crippen molar-refractivity contribution >= 4 is 10.8 Å². The molecule has 0 saturated heterocycles. The van der Waals surface area contributed by atoms with E-state index in [2.05, 4.69) is 31.2 Å². The van der Waals surface area contributed by atoms with Crippen LogP contribution in [0.15, 0.2) is 36.4 Å². The van der Waals surface area contributed by atoms with Crippen molar-refractivity contribution in [1.82, 2.24) is 0 Å². The van der Waals surface area contributed by atoms with Crippen LogP contribution in [-0.4, -0.2) is 17.8 Å². The summed E-state index contributed by atoms with van der Waals surface area (Å²) in [5.41, 5.74) is 2.11. The van der Waals surface area contributed by atoms with Gasteiger partial charge in [-0.1, -0.05) is 36.4 Å². The Bertz CT molecular complexity index is 608. The third-order valence-corrected chi connectivity index (χ3v) is 4.79. The smallest absolute Gasteiger partial charge is 0.0826 e. The lowest BCUT2D eigenvalue weighted by atomic mass is 9.74. The summed E-state index contributed by atoms with van der Waals surface area (Å²) in [5, 5.41) is 13.1. The molecule has 1 N–H and O–H groups in total. The number of hydrogen-bond acceptors (Lipinski definition) is 2. The molecule has 0 aromatic heterocycles. The van der Waals surface area contributed by atoms with E-state index >= 15 is 0 Å². The number of ether oxygens (including phenoxy) is 1. The Morgan fingerprint density at radius 3 is 2.60 bits per heavy atom. The Labute approximate surface area is 120 Å². The van der Waals surface area contributed by atoms with Crippen molar-refractivity contribution in [3.05, 3.63) is 47.5 Å². The van der Waals surface area contributed by atoms with Crippen molar-refractivity contribution in [2.45, 2.75) is 44.3 Å². The van der Waals surface area contributed by atoms with Crippen molar-refractivity contribution in [2.24, 2.45) is 0 Å². The highest BCUT2D eigenvalue weighted by Crippen LogP contribution is 2.43. The molecular formula is C18H22O2. The number of aliphatic hydroxyl groups excluding tert-OH is 1. The third-order valence-electron chi connectivity index (χ3n) is 4.79. The molecule has 1 aliphatic rings. The molecule has 0 radical (unpaired) electrons. The van der Waals surface area contributed by atoms with Crippen LogP contribution in [0.1, 0.15) is 42.9 Å². The number of aryl methyl sites for hydroxylation is 1. The first-order valence-electron chi connectivity index (χ1n) is 7.37. The highest BCUT2D eigenvalue weighted by molar-refractivity contribution is 5.87. The maximum atomic E-state index is 10.8. The highest BCUT2D eigenvalue weighted by Gasteiger charge is 2.39. The summed E-state index contributed by atoms with van der Waals surface area (Å²) in [7, 11) is 1.77. The predicted octanol–water partition coefficient (Wildman–Crippen LogP) is 4.14. The van der Waals surface area contributed by atoms with E-state index in [0.29, 0.717) is 6.42 Å². The second kappa shape index (κ2) is 5.19. The van der Waals surface area contributed by atoms with Crippen molar-refractivity contribution < 1.29 is 9.84 Å². The van der Waals surface area contributed by atoms with Gasteiger partial charge in [-0.05, 0) is 48.1 Å². The quantitative estimate of drug-likeness (QED) is 0.904. The number of benzene rings is 2. The van der Waals surface area contributed by atoms with Crippen LogP contribution in [0.5, 0.6) is 0 Å². The van der Waals surface area contributed by atoms with Gasteiger partial charge in [-0.15, -0.1) is 0 Å². The molecule has 1 fully saturated rings. The van der Waals surface area contributed by atoms with Crippen LogP contribution < -0.4 is 0 Å². The summed E-state index contributed by atoms with van der Waals surface area (Å²) in [4.78, 5) is 0. The van der Waals surface area contributed by atoms with Gasteiger partial charge < -0.3 is 9.84 Å². The lowest BCUT2D eigenvalue weighted by Gasteiger charge is -2.42. The van der Waals surface area contributed by atoms with Crippen LogP contribution >= 0.6 is 0 Å². The number of rotatable bonds is 4. The van der Waals surface area contributed by atoms with Crippen molar-refractivity contribution in [3.8, 4) is 0 Å². The van der Waals surface area contributed by atoms with E-state index in [1.165, 1.54) is 11.8 Å². The molecule has 20 heavy (non-hydrogen) atoms. The zero-order valence-corrected chi connectivity index (χ0v) is 12.2. The molecule has 1 unspecified atom stereocenters. The minimum absolute atomic E-state index is 0.108. The second-order valence-electron chi connectivity index (χ2n) is 5.98. The summed E-state index contributed by atoms with van der Waals surface area (Å²) in [6.45, 7) is 2.07. The number of methoxy groups -OCH3 is 1. The lowest BCUT2D eigenvalue weighted by molar-refractivity contribution is -0.0997. The van der Waals surface area contributed by atoms with E-state index in [0.717, 1.165) is 29.4 Å². The molecule has 0 amide bonds. The van der Waals surface area contributed by atoms with Gasteiger partial charge in [0.2, 0.25) is 0 Å². The zero-order valence-electron chi connectivity index (χ0n) is 12.2. The molecule has 1 aliphatic carbocycles. The fourth-order valence-electron chi connectivity index (χ4n) is 3.36. The maximum absolute atomic E-state index is 10.8. The van der Waals surface area contributed by atoms with Gasteiger partial charge in [0.15, 0.2) is 0 Å². The first-order valence-corrected chi connectivity index (χ1v) is 7.37. The first-order chi connectivity index (χ1) is 9.65. The summed E-state index contributed by atoms with van der Waals surface area (Å²) < 4.78 is 5.66. The van der Waals surface area contributed by atoms with Gasteiger partial charge in [-0.25, -0.2) is 0 Å². The largest absolute Gasteiger partial charge is 0.388 e. The highest BCUT2D eigenvalue weighted by atomic mass is 16.5. The van der Waals surface area contributed by atoms with Gasteiger partial charge in [0.1, 0.15) is 0 Å². The Hall–Kier alpha value is -1.38. The van der Waals surface area contributed by atoms with Crippen molar-refractivity contribution in [3.63, 3.8) is 0 Å². The number of fused-ring (bicyclic) bond motifs is 1. The Balaban J connectivity index is 1.98. The minimum Gasteiger partial charge on any atom is -0.388 e. The number of aliphatic hydroxyl groups is 1. The molecule has 2 heteroatoms. The molecule has 0 aliphatic heterocycles. The normalized spacial score (nSPS) is 18.8. The molecule has 3 rings (SSSR count). The van der Waals surface area contributed by atoms with Crippen LogP contribution in [0.4, 0.5) is 0 Å². The molecule has 106 valence electrons. The van der Waals surface area contributed by atoms with Crippen molar-refractivity contribution in [2.75, 3.05) is 7.11 Å². The van der Waals surface area contributed by atoms with Gasteiger partial charge in [0, 0.05) is 13.5 Å². The SMILES string of the molecule is COC1(CC(O)c2c(C)ccc3ccccc23)CCC1. The molecule has 2 nitrogen and oxygen atoms in total. The minimum atomic E-state index is -0.457. The van der Waals surface area contributed by atoms with E-state index < -0.39 is 6.10 Å². The maximum Gasteiger partial charge on any atom is 0.0826 e. The van der Waals surface area contributed by atoms with Crippen molar-refractivity contribution in [1.29, 1.82) is 0 Å². The van der Waals surface area contributed by atoms with E-state index in [-0.39, 0.29) is 5.60 Å². The van der Waals surface area contributed by atoms with Gasteiger partial charge in [-0.3, -0.25) is 0 Å². The molecule has 2 aromatic rings. The van der Waals surface area contributed by atoms with Crippen LogP contribution in [0, 0.1) is 6.92 Å². The lowest BCUT2D eigenvalue weighted by Crippen LogP contribution is -2.40. The summed E-state index contributed by atoms with van der Waals surface area (Å²) >= 11 is 0. The van der Waals surface area contributed by atoms with Gasteiger partial charge in [-0.2, -0.15) is 0 Å². The standard InChI is InChI=1S/C18H22O2/c1-13-8-9-14-6-3-4-7-15(14)17(13)16(19)12-18(20-2)10-5-11-18/h3-4,6-9,16,19H,5,10-12H2,1-2H3. The molecular weight excluding hydrogens is 248 g/mol. The Morgan fingerprint density at radius 1 is 1.20 bits per heavy atom. The third kappa shape index (κ3) is 2.23. The fraction of sp³-hybridized carbons (Fsp3) is 0.444. The molecule has 2 aromatic carbocycles. The number of hydrogen-bond donors (Lipinski definition) is 1. The van der Waals surface area contributed by atoms with Gasteiger partial charge in [0.05, 0.1) is 11.7 Å². The molecule has 1 saturated carbocycles. The second-order valence-corrected chi connectivity index (χ2v) is 5.98. The molecule has 0 spiro atoms. The fourth-order valence-corrected chi connectivity index (χ4v) is 3.36. The van der Waals surface area contributed by atoms with Crippen LogP contribution in [-0.2, 0) is 4.74 Å². The molecule has 1 atom stereocenters. The topological polar surface area (TPSA) is 29.5 Å². The van der Waals surface area contributed by atoms with E-state index in [4.69, 9.17) is 4.74 Å². The van der Waals surface area contributed by atoms with Crippen LogP contribution in [0.25, 0.3) is 10.8 Å². The Kier molecular flexibility index (Phi) is 3.53. The first kappa shape index (κ1) is 13.6. The zero-order chi connectivity index (χ0) is 14.2. The van der Waals surface area contributed by atoms with Crippen LogP contribution in [0.2, 0.25) is 0 Å². The average molecular weight is 270 g/mol. The predicted molar refractivity (Wildman–Crippen MR) is 81.9 cm³/mol. The average Bonchev–Trinajstić information content (AvgIpc) is 2.42. The summed E-state index contributed by atoms with van der Waals surface area (Å²) in [6.07, 6.45) is 3.56. The van der Waals surface area contributed by atoms with E-state index in [1.807, 2.05) is 12.1 Å². The van der Waals surface area contributed by atoms with Gasteiger partial charge in [0.25, 0.3) is 0 Å². The van der Waals surface area contributed by atoms with Gasteiger partial charge >= 0.3 is 0 Å². The van der Waals surface area contributed by atoms with E-state index in [1.54, 1.807) is 7.11 Å². The molecule has 0 heterocycles. The van der Waals surface area contributed by atoms with E-state index in [9.17, 15) is 5.11 Å². The van der Waals surface area contributed by atoms with Crippen LogP contribution in [0.3, 0.4) is 0 Å². The summed E-state index contributed by atoms with van der Waals surface area (Å²) in [5.74, 6) is 0.